The summed E-state index contributed by atoms with van der Waals surface area (Å²) in [5, 5.41) is 3.27. The molecule has 0 aromatic carbocycles. The van der Waals surface area contributed by atoms with Crippen LogP contribution in [0.2, 0.25) is 0 Å². The Hall–Kier alpha value is -1.31. The minimum absolute atomic E-state index is 0.162. The van der Waals surface area contributed by atoms with Crippen LogP contribution in [-0.4, -0.2) is 14.6 Å². The number of nitrogens with zero attached hydrogens (tertiary/aromatic N) is 2. The second-order valence-electron chi connectivity index (χ2n) is 2.74. The van der Waals surface area contributed by atoms with E-state index < -0.39 is 17.4 Å². The lowest BCUT2D eigenvalue weighted by Crippen LogP contribution is -2.08. The molecule has 1 N–H and O–H groups in total. The van der Waals surface area contributed by atoms with Crippen molar-refractivity contribution < 1.29 is 13.2 Å². The van der Waals surface area contributed by atoms with Crippen molar-refractivity contribution in [2.24, 2.45) is 0 Å². The molecule has 0 aliphatic carbocycles. The number of H-pyrrole nitrogens is 1. The van der Waals surface area contributed by atoms with Gasteiger partial charge in [-0.25, -0.2) is 4.52 Å². The third-order valence-corrected chi connectivity index (χ3v) is 2.52. The maximum absolute atomic E-state index is 12.4. The Balaban J connectivity index is 2.88. The number of hydrogen-bond donors (Lipinski definition) is 1. The molecule has 0 aliphatic heterocycles. The van der Waals surface area contributed by atoms with E-state index in [0.717, 1.165) is 4.52 Å². The van der Waals surface area contributed by atoms with E-state index in [0.29, 0.717) is 0 Å². The number of fused-ring (bicyclic) bond motifs is 1. The third-order valence-electron chi connectivity index (χ3n) is 1.77. The molecule has 2 aromatic heterocycles. The largest absolute Gasteiger partial charge is 0.436 e. The Morgan fingerprint density at radius 1 is 1.47 bits per heavy atom. The number of aromatic nitrogens is 3. The Morgan fingerprint density at radius 3 is 2.67 bits per heavy atom. The Kier molecular flexibility index (Phi) is 2.10. The van der Waals surface area contributed by atoms with Crippen LogP contribution in [0, 0.1) is 0 Å². The van der Waals surface area contributed by atoms with Gasteiger partial charge < -0.3 is 4.98 Å². The highest BCUT2D eigenvalue weighted by Gasteiger charge is 2.37. The van der Waals surface area contributed by atoms with Crippen LogP contribution in [0.1, 0.15) is 5.69 Å². The number of alkyl halides is 3. The van der Waals surface area contributed by atoms with Gasteiger partial charge in [0.05, 0.1) is 4.47 Å². The van der Waals surface area contributed by atoms with Crippen molar-refractivity contribution in [3.8, 4) is 0 Å². The highest BCUT2D eigenvalue weighted by Crippen LogP contribution is 2.34. The zero-order valence-electron chi connectivity index (χ0n) is 6.97. The summed E-state index contributed by atoms with van der Waals surface area (Å²) in [5.74, 6) is 0. The molecule has 15 heavy (non-hydrogen) atoms. The van der Waals surface area contributed by atoms with E-state index in [1.807, 2.05) is 0 Å². The first kappa shape index (κ1) is 10.2. The molecule has 2 aromatic rings. The number of rotatable bonds is 0. The Labute approximate surface area is 88.8 Å². The van der Waals surface area contributed by atoms with Crippen LogP contribution in [0.25, 0.3) is 5.52 Å². The second-order valence-corrected chi connectivity index (χ2v) is 3.54. The molecule has 0 radical (unpaired) electrons. The molecule has 4 nitrogen and oxygen atoms in total. The summed E-state index contributed by atoms with van der Waals surface area (Å²) >= 11 is 2.72. The van der Waals surface area contributed by atoms with E-state index in [-0.39, 0.29) is 9.99 Å². The highest BCUT2D eigenvalue weighted by atomic mass is 79.9. The molecule has 0 amide bonds. The number of hydrogen-bond acceptors (Lipinski definition) is 2. The van der Waals surface area contributed by atoms with Crippen LogP contribution in [0.3, 0.4) is 0 Å². The van der Waals surface area contributed by atoms with Crippen molar-refractivity contribution in [2.45, 2.75) is 6.18 Å². The number of aromatic amines is 1. The van der Waals surface area contributed by atoms with E-state index in [9.17, 15) is 18.0 Å². The van der Waals surface area contributed by atoms with Crippen LogP contribution >= 0.6 is 15.9 Å². The molecule has 0 aliphatic rings. The normalized spacial score (nSPS) is 12.3. The fourth-order valence-electron chi connectivity index (χ4n) is 1.16. The summed E-state index contributed by atoms with van der Waals surface area (Å²) in [4.78, 5) is 13.5. The first-order chi connectivity index (χ1) is 6.91. The van der Waals surface area contributed by atoms with E-state index >= 15 is 0 Å². The Morgan fingerprint density at radius 2 is 2.13 bits per heavy atom. The fourth-order valence-corrected chi connectivity index (χ4v) is 1.82. The van der Waals surface area contributed by atoms with Crippen molar-refractivity contribution in [3.05, 3.63) is 32.9 Å². The maximum atomic E-state index is 12.4. The lowest BCUT2D eigenvalue weighted by Gasteiger charge is -2.00. The van der Waals surface area contributed by atoms with E-state index in [2.05, 4.69) is 26.0 Å². The summed E-state index contributed by atoms with van der Waals surface area (Å²) in [7, 11) is 0. The lowest BCUT2D eigenvalue weighted by molar-refractivity contribution is -0.141. The van der Waals surface area contributed by atoms with Gasteiger partial charge in [-0.15, -0.1) is 0 Å². The summed E-state index contributed by atoms with van der Waals surface area (Å²) in [6.45, 7) is 0. The SMILES string of the molecule is O=c1[nH]ccn2nc(C(F)(F)F)c(Br)c12. The van der Waals surface area contributed by atoms with E-state index in [1.54, 1.807) is 0 Å². The molecule has 2 rings (SSSR count). The van der Waals surface area contributed by atoms with Gasteiger partial charge in [0.2, 0.25) is 0 Å². The molecule has 8 heteroatoms. The van der Waals surface area contributed by atoms with Gasteiger partial charge in [-0.2, -0.15) is 18.3 Å². The number of nitrogens with one attached hydrogen (secondary N) is 1. The highest BCUT2D eigenvalue weighted by molar-refractivity contribution is 9.10. The van der Waals surface area contributed by atoms with Crippen LogP contribution in [0.5, 0.6) is 0 Å². The molecule has 2 heterocycles. The molecule has 0 fully saturated rings. The standard InChI is InChI=1S/C7H3BrF3N3O/c8-3-4-6(15)12-1-2-14(4)13-5(3)7(9,10)11/h1-2H,(H,12,15). The summed E-state index contributed by atoms with van der Waals surface area (Å²) in [5.41, 5.74) is -1.91. The van der Waals surface area contributed by atoms with Crippen LogP contribution in [-0.2, 0) is 6.18 Å². The van der Waals surface area contributed by atoms with Gasteiger partial charge in [0, 0.05) is 12.4 Å². The molecule has 0 bridgehead atoms. The van der Waals surface area contributed by atoms with E-state index in [4.69, 9.17) is 0 Å². The van der Waals surface area contributed by atoms with Gasteiger partial charge in [-0.3, -0.25) is 4.79 Å². The van der Waals surface area contributed by atoms with Crippen molar-refractivity contribution in [1.82, 2.24) is 14.6 Å². The average Bonchev–Trinajstić information content (AvgIpc) is 2.44. The second kappa shape index (κ2) is 3.09. The van der Waals surface area contributed by atoms with Gasteiger partial charge in [-0.1, -0.05) is 0 Å². The molecule has 0 saturated heterocycles. The van der Waals surface area contributed by atoms with Gasteiger partial charge in [0.25, 0.3) is 5.56 Å². The van der Waals surface area contributed by atoms with Gasteiger partial charge in [0.1, 0.15) is 5.52 Å². The fraction of sp³-hybridized carbons (Fsp3) is 0.143. The van der Waals surface area contributed by atoms with Gasteiger partial charge in [-0.05, 0) is 15.9 Å². The van der Waals surface area contributed by atoms with Crippen LogP contribution in [0.4, 0.5) is 13.2 Å². The van der Waals surface area contributed by atoms with Crippen molar-refractivity contribution in [3.63, 3.8) is 0 Å². The average molecular weight is 282 g/mol. The number of halogens is 4. The zero-order chi connectivity index (χ0) is 11.2. The molecule has 0 atom stereocenters. The van der Waals surface area contributed by atoms with Crippen molar-refractivity contribution >= 4 is 21.4 Å². The zero-order valence-corrected chi connectivity index (χ0v) is 8.56. The molecular weight excluding hydrogens is 279 g/mol. The summed E-state index contributed by atoms with van der Waals surface area (Å²) in [6, 6.07) is 0. The molecule has 0 saturated carbocycles. The summed E-state index contributed by atoms with van der Waals surface area (Å²) < 4.78 is 37.7. The first-order valence-electron chi connectivity index (χ1n) is 3.74. The van der Waals surface area contributed by atoms with Crippen molar-refractivity contribution in [2.75, 3.05) is 0 Å². The molecule has 0 spiro atoms. The van der Waals surface area contributed by atoms with Crippen molar-refractivity contribution in [1.29, 1.82) is 0 Å². The van der Waals surface area contributed by atoms with Crippen LogP contribution in [0.15, 0.2) is 21.7 Å². The van der Waals surface area contributed by atoms with E-state index in [1.165, 1.54) is 12.4 Å². The predicted molar refractivity (Wildman–Crippen MR) is 48.5 cm³/mol. The third kappa shape index (κ3) is 1.54. The Bertz CT molecular complexity index is 571. The molecule has 0 unspecified atom stereocenters. The quantitative estimate of drug-likeness (QED) is 0.801. The minimum Gasteiger partial charge on any atom is -0.326 e. The smallest absolute Gasteiger partial charge is 0.326 e. The monoisotopic (exact) mass is 281 g/mol. The maximum Gasteiger partial charge on any atom is 0.436 e. The topological polar surface area (TPSA) is 50.2 Å². The first-order valence-corrected chi connectivity index (χ1v) is 4.53. The lowest BCUT2D eigenvalue weighted by atomic mass is 10.4. The van der Waals surface area contributed by atoms with Gasteiger partial charge >= 0.3 is 6.18 Å². The predicted octanol–water partition coefficient (Wildman–Crippen LogP) is 1.80. The van der Waals surface area contributed by atoms with Gasteiger partial charge in [0.15, 0.2) is 5.69 Å². The minimum atomic E-state index is -4.59. The van der Waals surface area contributed by atoms with Crippen LogP contribution < -0.4 is 5.56 Å². The summed E-state index contributed by atoms with van der Waals surface area (Å²) in [6.07, 6.45) is -2.14. The molecule has 80 valence electrons. The molecular formula is C7H3BrF3N3O.